The molecule has 0 unspecified atom stereocenters. The second-order valence-electron chi connectivity index (χ2n) is 5.68. The zero-order valence-electron chi connectivity index (χ0n) is 12.9. The van der Waals surface area contributed by atoms with Crippen LogP contribution in [0.1, 0.15) is 39.0 Å². The lowest BCUT2D eigenvalue weighted by Crippen LogP contribution is -2.35. The number of amides is 1. The van der Waals surface area contributed by atoms with Gasteiger partial charge in [-0.1, -0.05) is 19.3 Å². The fourth-order valence-electron chi connectivity index (χ4n) is 2.69. The lowest BCUT2D eigenvalue weighted by Gasteiger charge is -2.22. The molecule has 0 aliphatic heterocycles. The van der Waals surface area contributed by atoms with E-state index < -0.39 is 0 Å². The normalized spacial score (nSPS) is 17.2. The fourth-order valence-corrected chi connectivity index (χ4v) is 3.58. The molecule has 1 aliphatic rings. The topological polar surface area (TPSA) is 38.3 Å². The molecule has 4 heteroatoms. The number of hydrogen-bond donors (Lipinski definition) is 1. The van der Waals surface area contributed by atoms with E-state index in [4.69, 9.17) is 4.74 Å². The van der Waals surface area contributed by atoms with E-state index in [1.165, 1.54) is 32.1 Å². The molecular formula is C17H25NO2S. The number of benzene rings is 1. The Labute approximate surface area is 131 Å². The predicted molar refractivity (Wildman–Crippen MR) is 87.9 cm³/mol. The maximum absolute atomic E-state index is 12.2. The highest BCUT2D eigenvalue weighted by molar-refractivity contribution is 8.00. The van der Waals surface area contributed by atoms with Crippen LogP contribution in [0.25, 0.3) is 0 Å². The van der Waals surface area contributed by atoms with E-state index in [2.05, 4.69) is 5.32 Å². The average molecular weight is 307 g/mol. The lowest BCUT2D eigenvalue weighted by atomic mass is 9.89. The Balaban J connectivity index is 1.75. The molecule has 1 saturated carbocycles. The number of ether oxygens (including phenoxy) is 1. The maximum atomic E-state index is 12.2. The van der Waals surface area contributed by atoms with Crippen LogP contribution in [0.2, 0.25) is 0 Å². The summed E-state index contributed by atoms with van der Waals surface area (Å²) in [6.07, 6.45) is 6.52. The van der Waals surface area contributed by atoms with Gasteiger partial charge in [0.05, 0.1) is 12.4 Å². The molecule has 0 aromatic heterocycles. The second kappa shape index (κ2) is 8.32. The van der Waals surface area contributed by atoms with Gasteiger partial charge in [0.15, 0.2) is 0 Å². The Bertz CT molecular complexity index is 441. The van der Waals surface area contributed by atoms with Crippen molar-refractivity contribution in [3.8, 4) is 5.75 Å². The number of carbonyl (C=O) groups is 1. The van der Waals surface area contributed by atoms with Gasteiger partial charge in [-0.3, -0.25) is 4.79 Å². The van der Waals surface area contributed by atoms with E-state index in [-0.39, 0.29) is 11.2 Å². The summed E-state index contributed by atoms with van der Waals surface area (Å²) in [5.41, 5.74) is 0. The minimum atomic E-state index is -0.0676. The van der Waals surface area contributed by atoms with Crippen LogP contribution in [0.15, 0.2) is 29.2 Å². The largest absolute Gasteiger partial charge is 0.497 e. The van der Waals surface area contributed by atoms with Gasteiger partial charge in [-0.25, -0.2) is 0 Å². The summed E-state index contributed by atoms with van der Waals surface area (Å²) in [6, 6.07) is 7.84. The Morgan fingerprint density at radius 1 is 1.29 bits per heavy atom. The third-order valence-corrected chi connectivity index (χ3v) is 5.14. The Morgan fingerprint density at radius 2 is 1.95 bits per heavy atom. The van der Waals surface area contributed by atoms with Crippen LogP contribution in [0, 0.1) is 5.92 Å². The summed E-state index contributed by atoms with van der Waals surface area (Å²) < 4.78 is 5.14. The molecule has 1 fully saturated rings. The Kier molecular flexibility index (Phi) is 6.43. The molecule has 1 aromatic rings. The van der Waals surface area contributed by atoms with Gasteiger partial charge in [-0.05, 0) is 49.9 Å². The van der Waals surface area contributed by atoms with Crippen molar-refractivity contribution in [2.24, 2.45) is 5.92 Å². The van der Waals surface area contributed by atoms with Gasteiger partial charge >= 0.3 is 0 Å². The molecule has 0 spiro atoms. The molecule has 0 radical (unpaired) electrons. The number of nitrogens with one attached hydrogen (secondary N) is 1. The van der Waals surface area contributed by atoms with E-state index in [1.54, 1.807) is 18.9 Å². The van der Waals surface area contributed by atoms with Crippen molar-refractivity contribution in [3.63, 3.8) is 0 Å². The molecule has 0 bridgehead atoms. The van der Waals surface area contributed by atoms with Crippen LogP contribution in [-0.2, 0) is 4.79 Å². The standard InChI is InChI=1S/C17H25NO2S/c1-13(21-16-10-8-15(20-2)9-11-16)17(19)18-12-14-6-4-3-5-7-14/h8-11,13-14H,3-7,12H2,1-2H3,(H,18,19)/t13-/m1/s1. The molecule has 2 rings (SSSR count). The van der Waals surface area contributed by atoms with Crippen LogP contribution in [-0.4, -0.2) is 24.8 Å². The van der Waals surface area contributed by atoms with Crippen molar-refractivity contribution in [1.29, 1.82) is 0 Å². The maximum Gasteiger partial charge on any atom is 0.233 e. The predicted octanol–water partition coefficient (Wildman–Crippen LogP) is 3.87. The quantitative estimate of drug-likeness (QED) is 0.811. The van der Waals surface area contributed by atoms with Crippen LogP contribution >= 0.6 is 11.8 Å². The van der Waals surface area contributed by atoms with Crippen LogP contribution in [0.5, 0.6) is 5.75 Å². The Morgan fingerprint density at radius 3 is 2.57 bits per heavy atom. The summed E-state index contributed by atoms with van der Waals surface area (Å²) in [6.45, 7) is 2.80. The summed E-state index contributed by atoms with van der Waals surface area (Å²) in [5.74, 6) is 1.66. The summed E-state index contributed by atoms with van der Waals surface area (Å²) in [7, 11) is 1.66. The Hall–Kier alpha value is -1.16. The molecule has 0 heterocycles. The average Bonchev–Trinajstić information content (AvgIpc) is 2.54. The first-order valence-electron chi connectivity index (χ1n) is 7.77. The monoisotopic (exact) mass is 307 g/mol. The molecule has 1 aromatic carbocycles. The SMILES string of the molecule is COc1ccc(S[C@H](C)C(=O)NCC2CCCCC2)cc1. The third-order valence-electron chi connectivity index (χ3n) is 4.03. The highest BCUT2D eigenvalue weighted by Gasteiger charge is 2.18. The van der Waals surface area contributed by atoms with Gasteiger partial charge in [-0.2, -0.15) is 0 Å². The van der Waals surface area contributed by atoms with Gasteiger partial charge < -0.3 is 10.1 Å². The highest BCUT2D eigenvalue weighted by Crippen LogP contribution is 2.26. The zero-order chi connectivity index (χ0) is 15.1. The van der Waals surface area contributed by atoms with Crippen molar-refractivity contribution in [2.75, 3.05) is 13.7 Å². The summed E-state index contributed by atoms with van der Waals surface area (Å²) in [4.78, 5) is 13.3. The molecule has 1 N–H and O–H groups in total. The van der Waals surface area contributed by atoms with Gasteiger partial charge in [0.2, 0.25) is 5.91 Å². The molecule has 1 atom stereocenters. The smallest absolute Gasteiger partial charge is 0.233 e. The van der Waals surface area contributed by atoms with E-state index in [0.717, 1.165) is 17.2 Å². The van der Waals surface area contributed by atoms with Crippen molar-refractivity contribution in [2.45, 2.75) is 49.2 Å². The number of carbonyl (C=O) groups excluding carboxylic acids is 1. The summed E-state index contributed by atoms with van der Waals surface area (Å²) in [5, 5.41) is 3.04. The first-order valence-corrected chi connectivity index (χ1v) is 8.65. The third kappa shape index (κ3) is 5.27. The van der Waals surface area contributed by atoms with E-state index in [9.17, 15) is 4.79 Å². The molecule has 1 aliphatic carbocycles. The minimum Gasteiger partial charge on any atom is -0.497 e. The molecule has 0 saturated heterocycles. The van der Waals surface area contributed by atoms with Gasteiger partial charge in [0, 0.05) is 11.4 Å². The highest BCUT2D eigenvalue weighted by atomic mass is 32.2. The first-order chi connectivity index (χ1) is 10.2. The number of hydrogen-bond acceptors (Lipinski definition) is 3. The number of methoxy groups -OCH3 is 1. The van der Waals surface area contributed by atoms with E-state index in [1.807, 2.05) is 31.2 Å². The van der Waals surface area contributed by atoms with Gasteiger partial charge in [-0.15, -0.1) is 11.8 Å². The molecular weight excluding hydrogens is 282 g/mol. The minimum absolute atomic E-state index is 0.0676. The lowest BCUT2D eigenvalue weighted by molar-refractivity contribution is -0.120. The van der Waals surface area contributed by atoms with E-state index in [0.29, 0.717) is 5.92 Å². The molecule has 21 heavy (non-hydrogen) atoms. The van der Waals surface area contributed by atoms with Crippen molar-refractivity contribution >= 4 is 17.7 Å². The van der Waals surface area contributed by atoms with Gasteiger partial charge in [0.1, 0.15) is 5.75 Å². The first kappa shape index (κ1) is 16.2. The van der Waals surface area contributed by atoms with Crippen LogP contribution in [0.4, 0.5) is 0 Å². The fraction of sp³-hybridized carbons (Fsp3) is 0.588. The van der Waals surface area contributed by atoms with Crippen LogP contribution < -0.4 is 10.1 Å². The summed E-state index contributed by atoms with van der Waals surface area (Å²) >= 11 is 1.59. The van der Waals surface area contributed by atoms with Crippen LogP contribution in [0.3, 0.4) is 0 Å². The van der Waals surface area contributed by atoms with Crippen molar-refractivity contribution in [1.82, 2.24) is 5.32 Å². The second-order valence-corrected chi connectivity index (χ2v) is 7.10. The molecule has 116 valence electrons. The zero-order valence-corrected chi connectivity index (χ0v) is 13.7. The van der Waals surface area contributed by atoms with E-state index >= 15 is 0 Å². The number of rotatable bonds is 6. The van der Waals surface area contributed by atoms with Crippen molar-refractivity contribution in [3.05, 3.63) is 24.3 Å². The van der Waals surface area contributed by atoms with Crippen molar-refractivity contribution < 1.29 is 9.53 Å². The molecule has 3 nitrogen and oxygen atoms in total. The number of thioether (sulfide) groups is 1. The molecule has 1 amide bonds. The van der Waals surface area contributed by atoms with Gasteiger partial charge in [0.25, 0.3) is 0 Å².